The van der Waals surface area contributed by atoms with E-state index >= 15 is 0 Å². The maximum absolute atomic E-state index is 12.7. The molecule has 24 heavy (non-hydrogen) atoms. The van der Waals surface area contributed by atoms with Crippen LogP contribution in [0.4, 0.5) is 5.69 Å². The molecule has 3 rings (SSSR count). The third-order valence-corrected chi connectivity index (χ3v) is 4.99. The molecule has 1 heterocycles. The predicted octanol–water partition coefficient (Wildman–Crippen LogP) is 5.69. The Hall–Kier alpha value is -1.88. The van der Waals surface area contributed by atoms with Crippen LogP contribution in [0.3, 0.4) is 0 Å². The minimum Gasteiger partial charge on any atom is -0.268 e. The molecule has 120 valence electrons. The summed E-state index contributed by atoms with van der Waals surface area (Å²) < 4.78 is 0.529. The maximum Gasteiger partial charge on any atom is 0.270 e. The van der Waals surface area contributed by atoms with E-state index in [1.165, 1.54) is 16.7 Å². The summed E-state index contributed by atoms with van der Waals surface area (Å²) in [5.41, 5.74) is 2.83. The summed E-state index contributed by atoms with van der Waals surface area (Å²) in [6.07, 6.45) is 3.91. The van der Waals surface area contributed by atoms with Crippen LogP contribution in [0.15, 0.2) is 71.2 Å². The van der Waals surface area contributed by atoms with Crippen LogP contribution in [0.25, 0.3) is 6.08 Å². The van der Waals surface area contributed by atoms with Gasteiger partial charge in [0.1, 0.15) is 0 Å². The number of benzene rings is 2. The third-order valence-electron chi connectivity index (χ3n) is 3.43. The second-order valence-electron chi connectivity index (χ2n) is 5.29. The van der Waals surface area contributed by atoms with Gasteiger partial charge in [-0.2, -0.15) is 0 Å². The summed E-state index contributed by atoms with van der Waals surface area (Å²) in [5, 5.41) is 0.626. The Labute approximate surface area is 155 Å². The third kappa shape index (κ3) is 3.78. The number of carbonyl (C=O) groups is 1. The fourth-order valence-corrected chi connectivity index (χ4v) is 3.82. The molecule has 0 N–H and O–H groups in total. The lowest BCUT2D eigenvalue weighted by molar-refractivity contribution is -0.113. The van der Waals surface area contributed by atoms with Gasteiger partial charge < -0.3 is 0 Å². The maximum atomic E-state index is 12.7. The Balaban J connectivity index is 1.85. The molecule has 0 atom stereocenters. The molecule has 0 radical (unpaired) electrons. The predicted molar refractivity (Wildman–Crippen MR) is 107 cm³/mol. The number of anilines is 1. The van der Waals surface area contributed by atoms with Crippen molar-refractivity contribution < 1.29 is 4.79 Å². The van der Waals surface area contributed by atoms with Gasteiger partial charge in [-0.1, -0.05) is 72.0 Å². The fourth-order valence-electron chi connectivity index (χ4n) is 2.34. The van der Waals surface area contributed by atoms with Gasteiger partial charge in [-0.15, -0.1) is 0 Å². The van der Waals surface area contributed by atoms with Crippen LogP contribution in [0.5, 0.6) is 0 Å². The van der Waals surface area contributed by atoms with E-state index in [1.807, 2.05) is 49.4 Å². The van der Waals surface area contributed by atoms with Crippen LogP contribution in [-0.2, 0) is 4.79 Å². The Morgan fingerprint density at radius 1 is 1.12 bits per heavy atom. The molecular weight excluding hydrogens is 358 g/mol. The molecule has 1 saturated heterocycles. The van der Waals surface area contributed by atoms with Crippen molar-refractivity contribution in [3.63, 3.8) is 0 Å². The summed E-state index contributed by atoms with van der Waals surface area (Å²) in [4.78, 5) is 14.8. The van der Waals surface area contributed by atoms with E-state index in [0.29, 0.717) is 14.2 Å². The molecule has 1 fully saturated rings. The normalized spacial score (nSPS) is 17.0. The van der Waals surface area contributed by atoms with E-state index < -0.39 is 0 Å². The van der Waals surface area contributed by atoms with Crippen LogP contribution in [-0.4, -0.2) is 10.2 Å². The molecule has 5 heteroatoms. The van der Waals surface area contributed by atoms with Gasteiger partial charge in [-0.05, 0) is 48.4 Å². The zero-order valence-corrected chi connectivity index (χ0v) is 15.3. The number of hydrogen-bond acceptors (Lipinski definition) is 3. The lowest BCUT2D eigenvalue weighted by atomic mass is 10.1. The first-order valence-corrected chi connectivity index (χ1v) is 8.92. The summed E-state index contributed by atoms with van der Waals surface area (Å²) >= 11 is 12.6. The van der Waals surface area contributed by atoms with E-state index in [4.69, 9.17) is 23.8 Å². The highest BCUT2D eigenvalue weighted by Gasteiger charge is 2.33. The first-order chi connectivity index (χ1) is 11.5. The molecular formula is C19H14ClNOS2. The van der Waals surface area contributed by atoms with Crippen molar-refractivity contribution in [2.45, 2.75) is 6.92 Å². The molecule has 0 unspecified atom stereocenters. The molecule has 1 aliphatic heterocycles. The van der Waals surface area contributed by atoms with Crippen molar-refractivity contribution in [2.24, 2.45) is 0 Å². The molecule has 0 aromatic heterocycles. The van der Waals surface area contributed by atoms with Crippen molar-refractivity contribution in [1.29, 1.82) is 0 Å². The molecule has 1 aliphatic rings. The number of nitrogens with zero attached hydrogens (tertiary/aromatic N) is 1. The smallest absolute Gasteiger partial charge is 0.268 e. The van der Waals surface area contributed by atoms with Crippen molar-refractivity contribution in [1.82, 2.24) is 0 Å². The zero-order valence-electron chi connectivity index (χ0n) is 12.9. The van der Waals surface area contributed by atoms with Crippen molar-refractivity contribution in [3.8, 4) is 0 Å². The number of carbonyl (C=O) groups excluding carboxylic acids is 1. The Kier molecular flexibility index (Phi) is 5.19. The summed E-state index contributed by atoms with van der Waals surface area (Å²) in [6.45, 7) is 1.97. The van der Waals surface area contributed by atoms with E-state index in [2.05, 4.69) is 0 Å². The van der Waals surface area contributed by atoms with Crippen LogP contribution >= 0.6 is 35.6 Å². The Bertz CT molecular complexity index is 841. The molecule has 2 aromatic carbocycles. The average molecular weight is 372 g/mol. The van der Waals surface area contributed by atoms with E-state index in [9.17, 15) is 4.79 Å². The number of halogens is 1. The Morgan fingerprint density at radius 2 is 1.79 bits per heavy atom. The van der Waals surface area contributed by atoms with Gasteiger partial charge in [0, 0.05) is 5.02 Å². The van der Waals surface area contributed by atoms with Crippen molar-refractivity contribution >= 4 is 57.6 Å². The topological polar surface area (TPSA) is 20.3 Å². The number of thioether (sulfide) groups is 1. The summed E-state index contributed by atoms with van der Waals surface area (Å²) in [7, 11) is 0. The highest BCUT2D eigenvalue weighted by atomic mass is 35.5. The zero-order chi connectivity index (χ0) is 17.1. The highest BCUT2D eigenvalue weighted by molar-refractivity contribution is 8.27. The first kappa shape index (κ1) is 17.0. The van der Waals surface area contributed by atoms with Gasteiger partial charge in [0.25, 0.3) is 5.91 Å². The minimum atomic E-state index is -0.104. The largest absolute Gasteiger partial charge is 0.270 e. The number of hydrogen-bond donors (Lipinski definition) is 0. The second-order valence-corrected chi connectivity index (χ2v) is 7.40. The minimum absolute atomic E-state index is 0.104. The SMILES string of the molecule is CC(=C\c1ccccc1)/C=C1/SC(=S)N(c2ccc(Cl)cc2)C1=O. The van der Waals surface area contributed by atoms with Gasteiger partial charge in [0.2, 0.25) is 0 Å². The molecule has 1 amide bonds. The van der Waals surface area contributed by atoms with Crippen LogP contribution in [0.2, 0.25) is 5.02 Å². The molecule has 2 nitrogen and oxygen atoms in total. The van der Waals surface area contributed by atoms with E-state index in [1.54, 1.807) is 24.3 Å². The number of thiocarbonyl (C=S) groups is 1. The van der Waals surface area contributed by atoms with Gasteiger partial charge in [-0.3, -0.25) is 9.69 Å². The van der Waals surface area contributed by atoms with Gasteiger partial charge >= 0.3 is 0 Å². The molecule has 0 spiro atoms. The van der Waals surface area contributed by atoms with Crippen LogP contribution < -0.4 is 4.90 Å². The van der Waals surface area contributed by atoms with Crippen LogP contribution in [0, 0.1) is 0 Å². The van der Waals surface area contributed by atoms with E-state index in [0.717, 1.165) is 16.8 Å². The fraction of sp³-hybridized carbons (Fsp3) is 0.0526. The van der Waals surface area contributed by atoms with Crippen molar-refractivity contribution in [2.75, 3.05) is 4.90 Å². The molecule has 0 saturated carbocycles. The standard InChI is InChI=1S/C19H14ClNOS2/c1-13(11-14-5-3-2-4-6-14)12-17-18(22)21(19(23)24-17)16-9-7-15(20)8-10-16/h2-12H,1H3/b13-11+,17-12+. The van der Waals surface area contributed by atoms with E-state index in [-0.39, 0.29) is 5.91 Å². The number of rotatable bonds is 3. The van der Waals surface area contributed by atoms with Gasteiger partial charge in [0.05, 0.1) is 10.6 Å². The van der Waals surface area contributed by atoms with Crippen LogP contribution in [0.1, 0.15) is 12.5 Å². The lowest BCUT2D eigenvalue weighted by Crippen LogP contribution is -2.27. The number of amides is 1. The second kappa shape index (κ2) is 7.34. The molecule has 0 bridgehead atoms. The molecule has 2 aromatic rings. The monoisotopic (exact) mass is 371 g/mol. The summed E-state index contributed by atoms with van der Waals surface area (Å²) in [5.74, 6) is -0.104. The van der Waals surface area contributed by atoms with Gasteiger partial charge in [0.15, 0.2) is 4.32 Å². The summed E-state index contributed by atoms with van der Waals surface area (Å²) in [6, 6.07) is 17.1. The lowest BCUT2D eigenvalue weighted by Gasteiger charge is -2.14. The highest BCUT2D eigenvalue weighted by Crippen LogP contribution is 2.35. The van der Waals surface area contributed by atoms with Gasteiger partial charge in [-0.25, -0.2) is 0 Å². The quantitative estimate of drug-likeness (QED) is 0.510. The average Bonchev–Trinajstić information content (AvgIpc) is 2.83. The first-order valence-electron chi connectivity index (χ1n) is 7.31. The molecule has 0 aliphatic carbocycles. The Morgan fingerprint density at radius 3 is 2.46 bits per heavy atom. The van der Waals surface area contributed by atoms with Crippen molar-refractivity contribution in [3.05, 3.63) is 81.7 Å². The number of allylic oxidation sites excluding steroid dienone is 2.